The van der Waals surface area contributed by atoms with E-state index in [1.165, 1.54) is 11.4 Å². The molecule has 0 N–H and O–H groups in total. The van der Waals surface area contributed by atoms with E-state index in [4.69, 9.17) is 23.2 Å². The number of nitrogens with zero attached hydrogens (tertiary/aromatic N) is 2. The molecule has 4 rings (SSSR count). The Kier molecular flexibility index (Phi) is 5.86. The highest BCUT2D eigenvalue weighted by atomic mass is 79.9. The molecular weight excluding hydrogens is 435 g/mol. The van der Waals surface area contributed by atoms with Gasteiger partial charge in [-0.05, 0) is 24.6 Å². The van der Waals surface area contributed by atoms with Crippen molar-refractivity contribution in [3.63, 3.8) is 0 Å². The van der Waals surface area contributed by atoms with Gasteiger partial charge in [0.2, 0.25) is 5.78 Å². The van der Waals surface area contributed by atoms with Crippen LogP contribution in [0.15, 0.2) is 54.7 Å². The van der Waals surface area contributed by atoms with E-state index in [0.29, 0.717) is 22.2 Å². The lowest BCUT2D eigenvalue weighted by Gasteiger charge is -2.02. The number of carbonyl (C=O) groups excluding carboxylic acids is 1. The van der Waals surface area contributed by atoms with Crippen molar-refractivity contribution in [3.8, 4) is 11.3 Å². The Bertz CT molecular complexity index is 954. The minimum Gasteiger partial charge on any atom is -1.00 e. The number of Topliss-reactive ketones (excluding diaryl/α,β-unsaturated/α-hetero) is 1. The molecule has 0 spiro atoms. The van der Waals surface area contributed by atoms with Gasteiger partial charge in [-0.2, -0.15) is 0 Å². The van der Waals surface area contributed by atoms with Crippen molar-refractivity contribution in [1.29, 1.82) is 0 Å². The average molecular weight is 452 g/mol. The molecular formula is C20H17BrCl2N2O. The van der Waals surface area contributed by atoms with Crippen molar-refractivity contribution in [2.45, 2.75) is 25.9 Å². The highest BCUT2D eigenvalue weighted by molar-refractivity contribution is 6.42. The minimum absolute atomic E-state index is 0. The fourth-order valence-corrected chi connectivity index (χ4v) is 3.70. The Morgan fingerprint density at radius 2 is 1.85 bits per heavy atom. The molecule has 3 nitrogen and oxygen atoms in total. The molecule has 0 radical (unpaired) electrons. The lowest BCUT2D eigenvalue weighted by molar-refractivity contribution is -0.689. The zero-order valence-electron chi connectivity index (χ0n) is 14.0. The van der Waals surface area contributed by atoms with Crippen molar-refractivity contribution >= 4 is 29.0 Å². The van der Waals surface area contributed by atoms with Gasteiger partial charge in [-0.3, -0.25) is 4.79 Å². The maximum atomic E-state index is 12.7. The van der Waals surface area contributed by atoms with Crippen LogP contribution in [-0.4, -0.2) is 10.4 Å². The van der Waals surface area contributed by atoms with Crippen molar-refractivity contribution in [2.75, 3.05) is 0 Å². The number of carbonyl (C=O) groups is 1. The summed E-state index contributed by atoms with van der Waals surface area (Å²) in [5.41, 5.74) is 2.92. The second-order valence-corrected chi connectivity index (χ2v) is 7.05. The maximum absolute atomic E-state index is 12.7. The topological polar surface area (TPSA) is 25.9 Å². The van der Waals surface area contributed by atoms with Crippen LogP contribution in [0.4, 0.5) is 0 Å². The van der Waals surface area contributed by atoms with Gasteiger partial charge in [0, 0.05) is 11.1 Å². The monoisotopic (exact) mass is 450 g/mol. The summed E-state index contributed by atoms with van der Waals surface area (Å²) < 4.78 is 4.39. The van der Waals surface area contributed by atoms with Gasteiger partial charge in [0.05, 0.1) is 23.0 Å². The summed E-state index contributed by atoms with van der Waals surface area (Å²) in [4.78, 5) is 12.7. The first-order valence-electron chi connectivity index (χ1n) is 8.29. The van der Waals surface area contributed by atoms with Crippen LogP contribution in [0, 0.1) is 0 Å². The zero-order chi connectivity index (χ0) is 17.4. The number of halogens is 3. The number of fused-ring (bicyclic) bond motifs is 1. The Labute approximate surface area is 172 Å². The van der Waals surface area contributed by atoms with Gasteiger partial charge >= 0.3 is 0 Å². The summed E-state index contributed by atoms with van der Waals surface area (Å²) >= 11 is 12.0. The number of imidazole rings is 1. The summed E-state index contributed by atoms with van der Waals surface area (Å²) in [7, 11) is 0. The minimum atomic E-state index is 0. The standard InChI is InChI=1S/C20H17Cl2N2O.BrH/c21-16-9-8-15(11-17(16)22)19(25)13-23-12-18(14-5-2-1-3-6-14)24-10-4-7-20(23)24;/h1-3,5-6,8-9,11-12H,4,7,10,13H2;1H/q+1;/p-1. The first-order valence-corrected chi connectivity index (χ1v) is 9.04. The molecule has 26 heavy (non-hydrogen) atoms. The van der Waals surface area contributed by atoms with Gasteiger partial charge < -0.3 is 17.0 Å². The maximum Gasteiger partial charge on any atom is 0.257 e. The van der Waals surface area contributed by atoms with E-state index in [0.717, 1.165) is 25.1 Å². The van der Waals surface area contributed by atoms with Crippen LogP contribution in [0.25, 0.3) is 11.3 Å². The molecule has 0 bridgehead atoms. The SMILES string of the molecule is O=C(C[n+]1cc(-c2ccccc2)n2c1CCC2)c1ccc(Cl)c(Cl)c1.[Br-]. The second-order valence-electron chi connectivity index (χ2n) is 6.23. The van der Waals surface area contributed by atoms with Crippen LogP contribution >= 0.6 is 23.2 Å². The predicted molar refractivity (Wildman–Crippen MR) is 99.2 cm³/mol. The molecule has 2 heterocycles. The third-order valence-corrected chi connectivity index (χ3v) is 5.36. The van der Waals surface area contributed by atoms with Gasteiger partial charge in [-0.1, -0.05) is 53.5 Å². The number of hydrogen-bond donors (Lipinski definition) is 0. The summed E-state index contributed by atoms with van der Waals surface area (Å²) in [6.45, 7) is 1.30. The first-order chi connectivity index (χ1) is 12.1. The highest BCUT2D eigenvalue weighted by Gasteiger charge is 2.29. The van der Waals surface area contributed by atoms with Crippen LogP contribution in [0.3, 0.4) is 0 Å². The summed E-state index contributed by atoms with van der Waals surface area (Å²) in [6, 6.07) is 15.3. The summed E-state index contributed by atoms with van der Waals surface area (Å²) in [5, 5.41) is 0.867. The number of ketones is 1. The van der Waals surface area contributed by atoms with E-state index in [9.17, 15) is 4.79 Å². The van der Waals surface area contributed by atoms with Crippen LogP contribution < -0.4 is 21.5 Å². The first kappa shape index (κ1) is 19.2. The Balaban J connectivity index is 0.00000196. The molecule has 1 aliphatic rings. The molecule has 2 aromatic carbocycles. The van der Waals surface area contributed by atoms with E-state index in [1.807, 2.05) is 18.2 Å². The van der Waals surface area contributed by atoms with E-state index in [1.54, 1.807) is 18.2 Å². The predicted octanol–water partition coefficient (Wildman–Crippen LogP) is 1.58. The normalized spacial score (nSPS) is 12.5. The Morgan fingerprint density at radius 1 is 1.08 bits per heavy atom. The van der Waals surface area contributed by atoms with Crippen LogP contribution in [0.1, 0.15) is 22.6 Å². The van der Waals surface area contributed by atoms with E-state index in [-0.39, 0.29) is 22.8 Å². The molecule has 6 heteroatoms. The average Bonchev–Trinajstić information content (AvgIpc) is 3.22. The molecule has 0 atom stereocenters. The molecule has 0 saturated heterocycles. The lowest BCUT2D eigenvalue weighted by Crippen LogP contribution is -3.00. The van der Waals surface area contributed by atoms with E-state index < -0.39 is 0 Å². The molecule has 3 aromatic rings. The fourth-order valence-electron chi connectivity index (χ4n) is 3.40. The third-order valence-electron chi connectivity index (χ3n) is 4.62. The second kappa shape index (κ2) is 7.95. The fraction of sp³-hybridized carbons (Fsp3) is 0.200. The number of hydrogen-bond acceptors (Lipinski definition) is 1. The van der Waals surface area contributed by atoms with Crippen molar-refractivity contribution in [3.05, 3.63) is 76.2 Å². The van der Waals surface area contributed by atoms with Gasteiger partial charge in [0.15, 0.2) is 12.2 Å². The molecule has 0 amide bonds. The highest BCUT2D eigenvalue weighted by Crippen LogP contribution is 2.25. The van der Waals surface area contributed by atoms with Crippen molar-refractivity contribution in [1.82, 2.24) is 4.57 Å². The van der Waals surface area contributed by atoms with Gasteiger partial charge in [0.1, 0.15) is 6.20 Å². The molecule has 1 aliphatic heterocycles. The number of aromatic nitrogens is 2. The molecule has 1 aromatic heterocycles. The van der Waals surface area contributed by atoms with Crippen molar-refractivity contribution < 1.29 is 26.3 Å². The zero-order valence-corrected chi connectivity index (χ0v) is 17.1. The smallest absolute Gasteiger partial charge is 0.257 e. The van der Waals surface area contributed by atoms with Crippen LogP contribution in [0.2, 0.25) is 10.0 Å². The third kappa shape index (κ3) is 3.59. The lowest BCUT2D eigenvalue weighted by atomic mass is 10.1. The summed E-state index contributed by atoms with van der Waals surface area (Å²) in [6.07, 6.45) is 4.18. The molecule has 0 fully saturated rings. The number of rotatable bonds is 4. The molecule has 0 unspecified atom stereocenters. The van der Waals surface area contributed by atoms with E-state index in [2.05, 4.69) is 27.5 Å². The number of benzene rings is 2. The Morgan fingerprint density at radius 3 is 2.58 bits per heavy atom. The summed E-state index contributed by atoms with van der Waals surface area (Å²) in [5.74, 6) is 1.23. The molecule has 0 saturated carbocycles. The van der Waals surface area contributed by atoms with Gasteiger partial charge in [-0.15, -0.1) is 0 Å². The van der Waals surface area contributed by atoms with Gasteiger partial charge in [0.25, 0.3) is 5.82 Å². The van der Waals surface area contributed by atoms with Gasteiger partial charge in [-0.25, -0.2) is 9.13 Å². The molecule has 0 aliphatic carbocycles. The quantitative estimate of drug-likeness (QED) is 0.437. The van der Waals surface area contributed by atoms with E-state index >= 15 is 0 Å². The van der Waals surface area contributed by atoms with Crippen LogP contribution in [0.5, 0.6) is 0 Å². The Hall–Kier alpha value is -1.62. The largest absolute Gasteiger partial charge is 1.00 e. The van der Waals surface area contributed by atoms with Crippen LogP contribution in [-0.2, 0) is 19.5 Å². The van der Waals surface area contributed by atoms with Crippen molar-refractivity contribution in [2.24, 2.45) is 0 Å². The molecule has 134 valence electrons.